The Labute approximate surface area is 163 Å². The van der Waals surface area contributed by atoms with Gasteiger partial charge in [-0.2, -0.15) is 0 Å². The number of nitrogens with one attached hydrogen (secondary N) is 1. The maximum atomic E-state index is 12.2. The Morgan fingerprint density at radius 3 is 2.48 bits per heavy atom. The number of carboxylic acids is 1. The SMILES string of the molecule is CC1SC(c2ccc(C(=O)O)cc2)=NC1OCC(=O)NC1CCCCCC1. The molecule has 7 heteroatoms. The molecule has 2 N–H and O–H groups in total. The van der Waals surface area contributed by atoms with Crippen molar-refractivity contribution in [3.63, 3.8) is 0 Å². The van der Waals surface area contributed by atoms with Gasteiger partial charge in [0.05, 0.1) is 10.8 Å². The second kappa shape index (κ2) is 9.37. The number of ether oxygens (including phenoxy) is 1. The maximum absolute atomic E-state index is 12.2. The molecule has 1 heterocycles. The number of nitrogens with zero attached hydrogens (tertiary/aromatic N) is 1. The molecule has 1 fully saturated rings. The number of rotatable bonds is 6. The molecule has 1 amide bonds. The van der Waals surface area contributed by atoms with Gasteiger partial charge in [-0.3, -0.25) is 4.79 Å². The first-order valence-electron chi connectivity index (χ1n) is 9.52. The highest BCUT2D eigenvalue weighted by Gasteiger charge is 2.28. The van der Waals surface area contributed by atoms with Gasteiger partial charge in [-0.25, -0.2) is 9.79 Å². The molecule has 1 aliphatic carbocycles. The molecule has 1 aromatic carbocycles. The van der Waals surface area contributed by atoms with Crippen LogP contribution < -0.4 is 5.32 Å². The second-order valence-corrected chi connectivity index (χ2v) is 8.46. The standard InChI is InChI=1S/C20H26N2O4S/c1-13-18(26-12-17(23)21-16-6-4-2-3-5-7-16)22-19(27-13)14-8-10-15(11-9-14)20(24)25/h8-11,13,16,18H,2-7,12H2,1H3,(H,21,23)(H,24,25). The van der Waals surface area contributed by atoms with E-state index in [1.54, 1.807) is 36.0 Å². The summed E-state index contributed by atoms with van der Waals surface area (Å²) in [4.78, 5) is 27.7. The molecule has 2 atom stereocenters. The van der Waals surface area contributed by atoms with E-state index in [4.69, 9.17) is 9.84 Å². The molecule has 1 aliphatic heterocycles. The molecule has 6 nitrogen and oxygen atoms in total. The first-order valence-corrected chi connectivity index (χ1v) is 10.4. The number of hydrogen-bond acceptors (Lipinski definition) is 5. The van der Waals surface area contributed by atoms with Crippen molar-refractivity contribution >= 4 is 28.7 Å². The molecular weight excluding hydrogens is 364 g/mol. The monoisotopic (exact) mass is 390 g/mol. The van der Waals surface area contributed by atoms with E-state index < -0.39 is 5.97 Å². The molecular formula is C20H26N2O4S. The summed E-state index contributed by atoms with van der Waals surface area (Å²) in [5.41, 5.74) is 1.12. The number of thioether (sulfide) groups is 1. The number of hydrogen-bond donors (Lipinski definition) is 2. The Morgan fingerprint density at radius 2 is 1.85 bits per heavy atom. The molecule has 0 spiro atoms. The van der Waals surface area contributed by atoms with Crippen LogP contribution in [0.4, 0.5) is 0 Å². The lowest BCUT2D eigenvalue weighted by Gasteiger charge is -2.18. The fourth-order valence-electron chi connectivity index (χ4n) is 3.41. The van der Waals surface area contributed by atoms with Gasteiger partial charge in [-0.1, -0.05) is 49.6 Å². The van der Waals surface area contributed by atoms with E-state index in [0.29, 0.717) is 0 Å². The van der Waals surface area contributed by atoms with Gasteiger partial charge in [0.1, 0.15) is 11.7 Å². The highest BCUT2D eigenvalue weighted by molar-refractivity contribution is 8.15. The molecule has 1 saturated carbocycles. The Balaban J connectivity index is 1.52. The molecule has 2 aliphatic rings. The topological polar surface area (TPSA) is 88.0 Å². The van der Waals surface area contributed by atoms with Crippen molar-refractivity contribution in [2.75, 3.05) is 6.61 Å². The highest BCUT2D eigenvalue weighted by Crippen LogP contribution is 2.31. The van der Waals surface area contributed by atoms with Crippen LogP contribution in [-0.4, -0.2) is 46.2 Å². The summed E-state index contributed by atoms with van der Waals surface area (Å²) in [5.74, 6) is -1.02. The summed E-state index contributed by atoms with van der Waals surface area (Å²) < 4.78 is 5.75. The Bertz CT molecular complexity index is 696. The van der Waals surface area contributed by atoms with Crippen LogP contribution in [0.5, 0.6) is 0 Å². The smallest absolute Gasteiger partial charge is 0.335 e. The van der Waals surface area contributed by atoms with Gasteiger partial charge < -0.3 is 15.2 Å². The van der Waals surface area contributed by atoms with Crippen LogP contribution in [0, 0.1) is 0 Å². The molecule has 0 saturated heterocycles. The lowest BCUT2D eigenvalue weighted by molar-refractivity contribution is -0.128. The van der Waals surface area contributed by atoms with Crippen LogP contribution in [0.15, 0.2) is 29.3 Å². The number of carboxylic acid groups (broad SMARTS) is 1. The zero-order chi connectivity index (χ0) is 19.2. The van der Waals surface area contributed by atoms with Crippen molar-refractivity contribution in [3.8, 4) is 0 Å². The third kappa shape index (κ3) is 5.56. The summed E-state index contributed by atoms with van der Waals surface area (Å²) in [6.07, 6.45) is 6.60. The highest BCUT2D eigenvalue weighted by atomic mass is 32.2. The van der Waals surface area contributed by atoms with Crippen LogP contribution in [0.25, 0.3) is 0 Å². The van der Waals surface area contributed by atoms with E-state index in [1.807, 2.05) is 6.92 Å². The lowest BCUT2D eigenvalue weighted by Crippen LogP contribution is -2.38. The lowest BCUT2D eigenvalue weighted by atomic mass is 10.1. The largest absolute Gasteiger partial charge is 0.478 e. The Kier molecular flexibility index (Phi) is 6.90. The van der Waals surface area contributed by atoms with Crippen LogP contribution in [-0.2, 0) is 9.53 Å². The number of aliphatic imine (C=N–C) groups is 1. The average Bonchev–Trinajstić information content (AvgIpc) is 2.85. The van der Waals surface area contributed by atoms with E-state index in [2.05, 4.69) is 10.3 Å². The summed E-state index contributed by atoms with van der Waals surface area (Å²) in [5, 5.41) is 13.0. The predicted octanol–water partition coefficient (Wildman–Crippen LogP) is 3.45. The van der Waals surface area contributed by atoms with E-state index in [0.717, 1.165) is 23.4 Å². The van der Waals surface area contributed by atoms with Crippen LogP contribution in [0.2, 0.25) is 0 Å². The van der Waals surface area contributed by atoms with Crippen molar-refractivity contribution in [1.29, 1.82) is 0 Å². The molecule has 1 aromatic rings. The normalized spacial score (nSPS) is 23.5. The Morgan fingerprint density at radius 1 is 1.19 bits per heavy atom. The summed E-state index contributed by atoms with van der Waals surface area (Å²) >= 11 is 1.58. The van der Waals surface area contributed by atoms with Crippen molar-refractivity contribution in [2.24, 2.45) is 4.99 Å². The molecule has 3 rings (SSSR count). The van der Waals surface area contributed by atoms with Crippen LogP contribution >= 0.6 is 11.8 Å². The first-order chi connectivity index (χ1) is 13.0. The minimum Gasteiger partial charge on any atom is -0.478 e. The molecule has 27 heavy (non-hydrogen) atoms. The number of benzene rings is 1. The maximum Gasteiger partial charge on any atom is 0.335 e. The fourth-order valence-corrected chi connectivity index (χ4v) is 4.46. The van der Waals surface area contributed by atoms with Gasteiger partial charge >= 0.3 is 5.97 Å². The first kappa shape index (κ1) is 19.9. The molecule has 0 aromatic heterocycles. The molecule has 0 bridgehead atoms. The molecule has 0 radical (unpaired) electrons. The number of aromatic carboxylic acids is 1. The van der Waals surface area contributed by atoms with E-state index >= 15 is 0 Å². The average molecular weight is 391 g/mol. The van der Waals surface area contributed by atoms with Crippen LogP contribution in [0.1, 0.15) is 61.4 Å². The van der Waals surface area contributed by atoms with Crippen molar-refractivity contribution in [1.82, 2.24) is 5.32 Å². The van der Waals surface area contributed by atoms with E-state index in [1.165, 1.54) is 25.7 Å². The van der Waals surface area contributed by atoms with Crippen molar-refractivity contribution in [2.45, 2.75) is 63.0 Å². The quantitative estimate of drug-likeness (QED) is 0.727. The van der Waals surface area contributed by atoms with Gasteiger partial charge in [0.25, 0.3) is 0 Å². The third-order valence-corrected chi connectivity index (χ3v) is 6.10. The van der Waals surface area contributed by atoms with Gasteiger partial charge in [0.2, 0.25) is 5.91 Å². The summed E-state index contributed by atoms with van der Waals surface area (Å²) in [6.45, 7) is 2.03. The number of carbonyl (C=O) groups excluding carboxylic acids is 1. The van der Waals surface area contributed by atoms with Gasteiger partial charge in [0, 0.05) is 11.6 Å². The third-order valence-electron chi connectivity index (χ3n) is 4.93. The summed E-state index contributed by atoms with van der Waals surface area (Å²) in [7, 11) is 0. The minimum absolute atomic E-state index is 0.0147. The number of carbonyl (C=O) groups is 2. The minimum atomic E-state index is -0.947. The van der Waals surface area contributed by atoms with Gasteiger partial charge in [0.15, 0.2) is 6.23 Å². The van der Waals surface area contributed by atoms with Crippen LogP contribution in [0.3, 0.4) is 0 Å². The van der Waals surface area contributed by atoms with E-state index in [-0.39, 0.29) is 35.6 Å². The van der Waals surface area contributed by atoms with Gasteiger partial charge in [-0.05, 0) is 31.9 Å². The zero-order valence-corrected chi connectivity index (χ0v) is 16.3. The number of amides is 1. The van der Waals surface area contributed by atoms with E-state index in [9.17, 15) is 9.59 Å². The zero-order valence-electron chi connectivity index (χ0n) is 15.5. The van der Waals surface area contributed by atoms with Crippen molar-refractivity contribution in [3.05, 3.63) is 35.4 Å². The fraction of sp³-hybridized carbons (Fsp3) is 0.550. The Hall–Kier alpha value is -1.86. The molecule has 2 unspecified atom stereocenters. The molecule has 146 valence electrons. The summed E-state index contributed by atoms with van der Waals surface area (Å²) in [6, 6.07) is 6.91. The second-order valence-electron chi connectivity index (χ2n) is 7.10. The van der Waals surface area contributed by atoms with Gasteiger partial charge in [-0.15, -0.1) is 0 Å². The predicted molar refractivity (Wildman–Crippen MR) is 106 cm³/mol. The van der Waals surface area contributed by atoms with Crippen molar-refractivity contribution < 1.29 is 19.4 Å².